The van der Waals surface area contributed by atoms with Crippen molar-refractivity contribution in [3.05, 3.63) is 66.2 Å². The number of nitrogens with one attached hydrogen (secondary N) is 2. The lowest BCUT2D eigenvalue weighted by Gasteiger charge is -2.15. The number of methoxy groups -OCH3 is 1. The molecule has 27 heavy (non-hydrogen) atoms. The lowest BCUT2D eigenvalue weighted by Crippen LogP contribution is -2.22. The summed E-state index contributed by atoms with van der Waals surface area (Å²) in [7, 11) is 1.34. The molecular weight excluding hydrogens is 340 g/mol. The Morgan fingerprint density at radius 3 is 2.44 bits per heavy atom. The highest BCUT2D eigenvalue weighted by molar-refractivity contribution is 6.03. The summed E-state index contributed by atoms with van der Waals surface area (Å²) in [4.78, 5) is 23.0. The summed E-state index contributed by atoms with van der Waals surface area (Å²) in [5.74, 6) is -0.0635. The summed E-state index contributed by atoms with van der Waals surface area (Å²) in [5, 5.41) is 7.59. The molecule has 0 aliphatic rings. The third-order valence-electron chi connectivity index (χ3n) is 4.36. The minimum atomic E-state index is -0.512. The molecule has 0 fully saturated rings. The first-order valence-electron chi connectivity index (χ1n) is 8.79. The van der Waals surface area contributed by atoms with Crippen LogP contribution >= 0.6 is 0 Å². The normalized spacial score (nSPS) is 10.4. The molecule has 0 unspecified atom stereocenters. The van der Waals surface area contributed by atoms with E-state index in [1.807, 2.05) is 36.4 Å². The summed E-state index contributed by atoms with van der Waals surface area (Å²) in [6, 6.07) is 20.1. The Bertz CT molecular complexity index is 968. The van der Waals surface area contributed by atoms with Crippen LogP contribution in [0.1, 0.15) is 12.5 Å². The third-order valence-corrected chi connectivity index (χ3v) is 4.36. The standard InChI is InChI=1S/C22H22N2O3/c1-15(25)23-12-11-18-14-19(16-7-4-3-5-8-16)13-17-9-6-10-20(21(17)18)24-22(26)27-2/h3-10,13-14H,11-12H2,1-2H3,(H,23,25)(H,24,26). The van der Waals surface area contributed by atoms with E-state index < -0.39 is 6.09 Å². The van der Waals surface area contributed by atoms with Crippen LogP contribution in [0, 0.1) is 0 Å². The largest absolute Gasteiger partial charge is 0.453 e. The highest BCUT2D eigenvalue weighted by Gasteiger charge is 2.12. The van der Waals surface area contributed by atoms with Crippen molar-refractivity contribution in [2.75, 3.05) is 19.0 Å². The molecule has 0 aliphatic carbocycles. The SMILES string of the molecule is COC(=O)Nc1cccc2cc(-c3ccccc3)cc(CCNC(C)=O)c12. The number of benzene rings is 3. The molecule has 0 spiro atoms. The van der Waals surface area contributed by atoms with E-state index in [0.29, 0.717) is 18.7 Å². The van der Waals surface area contributed by atoms with E-state index in [-0.39, 0.29) is 5.91 Å². The fraction of sp³-hybridized carbons (Fsp3) is 0.182. The first-order valence-corrected chi connectivity index (χ1v) is 8.79. The van der Waals surface area contributed by atoms with Crippen LogP contribution in [0.4, 0.5) is 10.5 Å². The van der Waals surface area contributed by atoms with E-state index >= 15 is 0 Å². The molecular formula is C22H22N2O3. The lowest BCUT2D eigenvalue weighted by molar-refractivity contribution is -0.118. The number of carbonyl (C=O) groups excluding carboxylic acids is 2. The van der Waals surface area contributed by atoms with Gasteiger partial charge in [0.2, 0.25) is 5.91 Å². The Balaban J connectivity index is 2.11. The van der Waals surface area contributed by atoms with Gasteiger partial charge < -0.3 is 10.1 Å². The second-order valence-electron chi connectivity index (χ2n) is 6.25. The Hall–Kier alpha value is -3.34. The Morgan fingerprint density at radius 1 is 0.963 bits per heavy atom. The average Bonchev–Trinajstić information content (AvgIpc) is 2.68. The van der Waals surface area contributed by atoms with Gasteiger partial charge in [0.05, 0.1) is 12.8 Å². The number of amides is 2. The van der Waals surface area contributed by atoms with Gasteiger partial charge in [0.15, 0.2) is 0 Å². The van der Waals surface area contributed by atoms with E-state index in [9.17, 15) is 9.59 Å². The van der Waals surface area contributed by atoms with Crippen LogP contribution in [0.2, 0.25) is 0 Å². The molecule has 2 N–H and O–H groups in total. The van der Waals surface area contributed by atoms with Crippen molar-refractivity contribution in [2.24, 2.45) is 0 Å². The summed E-state index contributed by atoms with van der Waals surface area (Å²) < 4.78 is 4.74. The van der Waals surface area contributed by atoms with Crippen LogP contribution in [-0.4, -0.2) is 25.7 Å². The van der Waals surface area contributed by atoms with Gasteiger partial charge >= 0.3 is 6.09 Å². The molecule has 0 aromatic heterocycles. The van der Waals surface area contributed by atoms with Gasteiger partial charge in [0.25, 0.3) is 0 Å². The van der Waals surface area contributed by atoms with Crippen molar-refractivity contribution in [1.29, 1.82) is 0 Å². The van der Waals surface area contributed by atoms with E-state index in [4.69, 9.17) is 4.74 Å². The number of rotatable bonds is 5. The molecule has 5 heteroatoms. The fourth-order valence-corrected chi connectivity index (χ4v) is 3.15. The average molecular weight is 362 g/mol. The van der Waals surface area contributed by atoms with E-state index in [1.165, 1.54) is 14.0 Å². The van der Waals surface area contributed by atoms with Crippen LogP contribution in [0.15, 0.2) is 60.7 Å². The quantitative estimate of drug-likeness (QED) is 0.708. The Labute approximate surface area is 158 Å². The highest BCUT2D eigenvalue weighted by atomic mass is 16.5. The zero-order valence-electron chi connectivity index (χ0n) is 15.4. The Kier molecular flexibility index (Phi) is 5.71. The van der Waals surface area contributed by atoms with Crippen molar-refractivity contribution < 1.29 is 14.3 Å². The van der Waals surface area contributed by atoms with Crippen LogP contribution in [0.3, 0.4) is 0 Å². The fourth-order valence-electron chi connectivity index (χ4n) is 3.15. The van der Waals surface area contributed by atoms with Gasteiger partial charge in [-0.3, -0.25) is 10.1 Å². The second kappa shape index (κ2) is 8.36. The first-order chi connectivity index (χ1) is 13.1. The predicted molar refractivity (Wildman–Crippen MR) is 108 cm³/mol. The van der Waals surface area contributed by atoms with Crippen LogP contribution in [0.25, 0.3) is 21.9 Å². The highest BCUT2D eigenvalue weighted by Crippen LogP contribution is 2.32. The number of fused-ring (bicyclic) bond motifs is 1. The molecule has 0 saturated heterocycles. The lowest BCUT2D eigenvalue weighted by atomic mass is 9.94. The molecule has 0 radical (unpaired) electrons. The third kappa shape index (κ3) is 4.44. The molecule has 0 heterocycles. The van der Waals surface area contributed by atoms with Gasteiger partial charge in [-0.1, -0.05) is 48.5 Å². The number of hydrogen-bond acceptors (Lipinski definition) is 3. The molecule has 138 valence electrons. The summed E-state index contributed by atoms with van der Waals surface area (Å²) in [6.07, 6.45) is 0.138. The number of anilines is 1. The molecule has 2 amide bonds. The topological polar surface area (TPSA) is 67.4 Å². The van der Waals surface area contributed by atoms with E-state index in [1.54, 1.807) is 0 Å². The maximum absolute atomic E-state index is 11.7. The van der Waals surface area contributed by atoms with Gasteiger partial charge in [-0.25, -0.2) is 4.79 Å². The van der Waals surface area contributed by atoms with Gasteiger partial charge in [-0.05, 0) is 40.6 Å². The molecule has 0 saturated carbocycles. The zero-order valence-corrected chi connectivity index (χ0v) is 15.4. The maximum atomic E-state index is 11.7. The van der Waals surface area contributed by atoms with Crippen molar-refractivity contribution in [2.45, 2.75) is 13.3 Å². The minimum absolute atomic E-state index is 0.0635. The first kappa shape index (κ1) is 18.5. The molecule has 3 aromatic rings. The monoisotopic (exact) mass is 362 g/mol. The summed E-state index contributed by atoms with van der Waals surface area (Å²) >= 11 is 0. The van der Waals surface area contributed by atoms with Gasteiger partial charge in [0.1, 0.15) is 0 Å². The van der Waals surface area contributed by atoms with Crippen molar-refractivity contribution >= 4 is 28.5 Å². The smallest absolute Gasteiger partial charge is 0.411 e. The molecule has 3 aromatic carbocycles. The molecule has 5 nitrogen and oxygen atoms in total. The number of ether oxygens (including phenoxy) is 1. The van der Waals surface area contributed by atoms with Crippen molar-refractivity contribution in [1.82, 2.24) is 5.32 Å². The minimum Gasteiger partial charge on any atom is -0.453 e. The molecule has 0 aliphatic heterocycles. The Morgan fingerprint density at radius 2 is 1.74 bits per heavy atom. The molecule has 0 atom stereocenters. The van der Waals surface area contributed by atoms with E-state index in [0.717, 1.165) is 27.5 Å². The van der Waals surface area contributed by atoms with Crippen molar-refractivity contribution in [3.8, 4) is 11.1 Å². The van der Waals surface area contributed by atoms with Crippen LogP contribution in [-0.2, 0) is 16.0 Å². The van der Waals surface area contributed by atoms with Gasteiger partial charge in [-0.15, -0.1) is 0 Å². The second-order valence-corrected chi connectivity index (χ2v) is 6.25. The van der Waals surface area contributed by atoms with Crippen LogP contribution in [0.5, 0.6) is 0 Å². The maximum Gasteiger partial charge on any atom is 0.411 e. The zero-order chi connectivity index (χ0) is 19.2. The van der Waals surface area contributed by atoms with Crippen LogP contribution < -0.4 is 10.6 Å². The summed E-state index contributed by atoms with van der Waals surface area (Å²) in [5.41, 5.74) is 3.95. The molecule has 0 bridgehead atoms. The predicted octanol–water partition coefficient (Wildman–Crippen LogP) is 4.36. The van der Waals surface area contributed by atoms with Gasteiger partial charge in [-0.2, -0.15) is 0 Å². The van der Waals surface area contributed by atoms with Gasteiger partial charge in [0, 0.05) is 18.9 Å². The van der Waals surface area contributed by atoms with E-state index in [2.05, 4.69) is 34.9 Å². The summed E-state index contributed by atoms with van der Waals surface area (Å²) in [6.45, 7) is 2.03. The number of hydrogen-bond donors (Lipinski definition) is 2. The molecule has 3 rings (SSSR count). The number of carbonyl (C=O) groups is 2. The van der Waals surface area contributed by atoms with Crippen molar-refractivity contribution in [3.63, 3.8) is 0 Å².